The zero-order valence-corrected chi connectivity index (χ0v) is 12.6. The topological polar surface area (TPSA) is 62.3 Å². The fourth-order valence-electron chi connectivity index (χ4n) is 2.60. The molecule has 1 aliphatic rings. The van der Waals surface area contributed by atoms with Crippen LogP contribution in [0, 0.1) is 5.41 Å². The first-order chi connectivity index (χ1) is 9.58. The minimum atomic E-state index is 0.0160. The van der Waals surface area contributed by atoms with Crippen molar-refractivity contribution in [3.8, 4) is 5.75 Å². The highest BCUT2D eigenvalue weighted by Gasteiger charge is 2.18. The summed E-state index contributed by atoms with van der Waals surface area (Å²) in [7, 11) is 2.18. The third-order valence-electron chi connectivity index (χ3n) is 3.87. The lowest BCUT2D eigenvalue weighted by Gasteiger charge is -2.32. The van der Waals surface area contributed by atoms with Gasteiger partial charge in [0.15, 0.2) is 0 Å². The standard InChI is InChI=1S/C15H22ClN3O/c1-19-8-3-2-4-12(19)7-9-20-14-6-5-11(15(17)18)10-13(14)16/h5-6,10,12H,2-4,7-9H2,1H3,(H3,17,18). The maximum absolute atomic E-state index is 7.37. The van der Waals surface area contributed by atoms with Crippen molar-refractivity contribution in [1.29, 1.82) is 5.41 Å². The lowest BCUT2D eigenvalue weighted by molar-refractivity contribution is 0.153. The van der Waals surface area contributed by atoms with Gasteiger partial charge in [-0.1, -0.05) is 18.0 Å². The van der Waals surface area contributed by atoms with Crippen molar-refractivity contribution in [2.45, 2.75) is 31.7 Å². The van der Waals surface area contributed by atoms with Crippen molar-refractivity contribution in [2.75, 3.05) is 20.2 Å². The Morgan fingerprint density at radius 3 is 2.95 bits per heavy atom. The first kappa shape index (κ1) is 15.1. The molecule has 3 N–H and O–H groups in total. The molecular weight excluding hydrogens is 274 g/mol. The summed E-state index contributed by atoms with van der Waals surface area (Å²) in [5, 5.41) is 7.88. The Balaban J connectivity index is 1.86. The van der Waals surface area contributed by atoms with Crippen LogP contribution in [-0.4, -0.2) is 37.0 Å². The van der Waals surface area contributed by atoms with Crippen molar-refractivity contribution in [3.05, 3.63) is 28.8 Å². The number of hydrogen-bond donors (Lipinski definition) is 2. The van der Waals surface area contributed by atoms with E-state index in [-0.39, 0.29) is 5.84 Å². The number of amidine groups is 1. The summed E-state index contributed by atoms with van der Waals surface area (Å²) in [6.45, 7) is 1.84. The molecule has 110 valence electrons. The number of likely N-dealkylation sites (tertiary alicyclic amines) is 1. The van der Waals surface area contributed by atoms with Gasteiger partial charge in [-0.05, 0) is 51.1 Å². The normalized spacial score (nSPS) is 19.8. The molecule has 1 aromatic carbocycles. The van der Waals surface area contributed by atoms with Crippen LogP contribution in [0.1, 0.15) is 31.2 Å². The van der Waals surface area contributed by atoms with E-state index >= 15 is 0 Å². The molecule has 1 fully saturated rings. The number of nitrogens with zero attached hydrogens (tertiary/aromatic N) is 1. The lowest BCUT2D eigenvalue weighted by Crippen LogP contribution is -2.37. The fourth-order valence-corrected chi connectivity index (χ4v) is 2.83. The van der Waals surface area contributed by atoms with Gasteiger partial charge in [-0.15, -0.1) is 0 Å². The van der Waals surface area contributed by atoms with Gasteiger partial charge < -0.3 is 15.4 Å². The fraction of sp³-hybridized carbons (Fsp3) is 0.533. The average molecular weight is 296 g/mol. The van der Waals surface area contributed by atoms with E-state index in [1.807, 2.05) is 0 Å². The third-order valence-corrected chi connectivity index (χ3v) is 4.17. The van der Waals surface area contributed by atoms with Crippen LogP contribution in [0.5, 0.6) is 5.75 Å². The highest BCUT2D eigenvalue weighted by Crippen LogP contribution is 2.26. The molecule has 0 bridgehead atoms. The van der Waals surface area contributed by atoms with Crippen LogP contribution < -0.4 is 10.5 Å². The summed E-state index contributed by atoms with van der Waals surface area (Å²) < 4.78 is 5.75. The van der Waals surface area contributed by atoms with Crippen LogP contribution in [0.15, 0.2) is 18.2 Å². The van der Waals surface area contributed by atoms with E-state index in [2.05, 4.69) is 11.9 Å². The van der Waals surface area contributed by atoms with Gasteiger partial charge in [-0.2, -0.15) is 0 Å². The molecule has 1 atom stereocenters. The number of rotatable bonds is 5. The maximum atomic E-state index is 7.37. The van der Waals surface area contributed by atoms with E-state index in [0.29, 0.717) is 29.0 Å². The lowest BCUT2D eigenvalue weighted by atomic mass is 10.0. The van der Waals surface area contributed by atoms with Crippen molar-refractivity contribution in [2.24, 2.45) is 5.73 Å². The van der Waals surface area contributed by atoms with E-state index in [1.165, 1.54) is 25.8 Å². The number of nitrogen functional groups attached to an aromatic ring is 1. The highest BCUT2D eigenvalue weighted by atomic mass is 35.5. The molecule has 0 saturated carbocycles. The Kier molecular flexibility index (Phi) is 5.26. The van der Waals surface area contributed by atoms with Crippen LogP contribution in [0.4, 0.5) is 0 Å². The van der Waals surface area contributed by atoms with Gasteiger partial charge >= 0.3 is 0 Å². The van der Waals surface area contributed by atoms with Crippen LogP contribution >= 0.6 is 11.6 Å². The molecule has 20 heavy (non-hydrogen) atoms. The van der Waals surface area contributed by atoms with E-state index in [9.17, 15) is 0 Å². The largest absolute Gasteiger partial charge is 0.492 e. The van der Waals surface area contributed by atoms with Crippen molar-refractivity contribution in [3.63, 3.8) is 0 Å². The molecule has 1 saturated heterocycles. The Morgan fingerprint density at radius 2 is 2.30 bits per heavy atom. The van der Waals surface area contributed by atoms with Gasteiger partial charge in [0.05, 0.1) is 11.6 Å². The molecule has 5 heteroatoms. The van der Waals surface area contributed by atoms with Crippen LogP contribution in [-0.2, 0) is 0 Å². The van der Waals surface area contributed by atoms with Crippen molar-refractivity contribution in [1.82, 2.24) is 4.90 Å². The molecule has 4 nitrogen and oxygen atoms in total. The van der Waals surface area contributed by atoms with E-state index in [0.717, 1.165) is 6.42 Å². The third kappa shape index (κ3) is 3.87. The molecule has 1 aliphatic heterocycles. The zero-order chi connectivity index (χ0) is 14.5. The number of nitrogens with two attached hydrogens (primary N) is 1. The smallest absolute Gasteiger partial charge is 0.137 e. The van der Waals surface area contributed by atoms with Gasteiger partial charge in [-0.25, -0.2) is 0 Å². The van der Waals surface area contributed by atoms with Crippen LogP contribution in [0.3, 0.4) is 0 Å². The molecule has 0 radical (unpaired) electrons. The first-order valence-corrected chi connectivity index (χ1v) is 7.42. The molecule has 0 aliphatic carbocycles. The van der Waals surface area contributed by atoms with Crippen LogP contribution in [0.25, 0.3) is 0 Å². The molecule has 0 aromatic heterocycles. The average Bonchev–Trinajstić information content (AvgIpc) is 2.42. The minimum absolute atomic E-state index is 0.0160. The van der Waals surface area contributed by atoms with Gasteiger partial charge in [-0.3, -0.25) is 5.41 Å². The zero-order valence-electron chi connectivity index (χ0n) is 11.9. The molecule has 0 amide bonds. The van der Waals surface area contributed by atoms with E-state index in [4.69, 9.17) is 27.5 Å². The second kappa shape index (κ2) is 6.95. The summed E-state index contributed by atoms with van der Waals surface area (Å²) in [5.74, 6) is 0.678. The first-order valence-electron chi connectivity index (χ1n) is 7.05. The monoisotopic (exact) mass is 295 g/mol. The maximum Gasteiger partial charge on any atom is 0.137 e. The molecule has 0 spiro atoms. The number of benzene rings is 1. The Bertz CT molecular complexity index is 478. The van der Waals surface area contributed by atoms with E-state index < -0.39 is 0 Å². The number of hydrogen-bond acceptors (Lipinski definition) is 3. The van der Waals surface area contributed by atoms with Gasteiger partial charge in [0.2, 0.25) is 0 Å². The number of piperidine rings is 1. The minimum Gasteiger partial charge on any atom is -0.492 e. The SMILES string of the molecule is CN1CCCCC1CCOc1ccc(C(=N)N)cc1Cl. The predicted octanol–water partition coefficient (Wildman–Crippen LogP) is 2.88. The Hall–Kier alpha value is -1.26. The second-order valence-electron chi connectivity index (χ2n) is 5.33. The molecule has 1 aromatic rings. The summed E-state index contributed by atoms with van der Waals surface area (Å²) in [5.41, 5.74) is 6.04. The Morgan fingerprint density at radius 1 is 1.50 bits per heavy atom. The van der Waals surface area contributed by atoms with Gasteiger partial charge in [0.25, 0.3) is 0 Å². The quantitative estimate of drug-likeness (QED) is 0.648. The van der Waals surface area contributed by atoms with Crippen LogP contribution in [0.2, 0.25) is 5.02 Å². The van der Waals surface area contributed by atoms with Crippen molar-refractivity contribution < 1.29 is 4.74 Å². The van der Waals surface area contributed by atoms with Gasteiger partial charge in [0.1, 0.15) is 11.6 Å². The number of halogens is 1. The van der Waals surface area contributed by atoms with Crippen molar-refractivity contribution >= 4 is 17.4 Å². The van der Waals surface area contributed by atoms with Gasteiger partial charge in [0, 0.05) is 11.6 Å². The highest BCUT2D eigenvalue weighted by molar-refractivity contribution is 6.32. The summed E-state index contributed by atoms with van der Waals surface area (Å²) in [6, 6.07) is 5.82. The molecule has 1 unspecified atom stereocenters. The molecule has 2 rings (SSSR count). The number of nitrogens with one attached hydrogen (secondary N) is 1. The second-order valence-corrected chi connectivity index (χ2v) is 5.73. The number of ether oxygens (including phenoxy) is 1. The Labute approximate surface area is 125 Å². The van der Waals surface area contributed by atoms with E-state index in [1.54, 1.807) is 18.2 Å². The summed E-state index contributed by atoms with van der Waals surface area (Å²) in [6.07, 6.45) is 4.87. The summed E-state index contributed by atoms with van der Waals surface area (Å²) >= 11 is 6.14. The molecular formula is C15H22ClN3O. The molecule has 1 heterocycles. The predicted molar refractivity (Wildman–Crippen MR) is 82.8 cm³/mol. The summed E-state index contributed by atoms with van der Waals surface area (Å²) in [4.78, 5) is 2.41.